The molecule has 0 aromatic heterocycles. The second-order valence-corrected chi connectivity index (χ2v) is 4.86. The quantitative estimate of drug-likeness (QED) is 0.458. The molecule has 0 unspecified atom stereocenters. The summed E-state index contributed by atoms with van der Waals surface area (Å²) in [6.45, 7) is 6.52. The Hall–Kier alpha value is -1.59. The second kappa shape index (κ2) is 8.55. The van der Waals surface area contributed by atoms with Crippen LogP contribution in [-0.2, 0) is 4.74 Å². The zero-order chi connectivity index (χ0) is 15.0. The number of nitrogens with one attached hydrogen (secondary N) is 1. The Morgan fingerprint density at radius 3 is 2.75 bits per heavy atom. The van der Waals surface area contributed by atoms with Gasteiger partial charge in [-0.2, -0.15) is 0 Å². The van der Waals surface area contributed by atoms with Crippen molar-refractivity contribution in [3.8, 4) is 0 Å². The van der Waals surface area contributed by atoms with E-state index in [1.165, 1.54) is 6.26 Å². The minimum absolute atomic E-state index is 0.127. The van der Waals surface area contributed by atoms with Crippen LogP contribution in [0.4, 0.5) is 0 Å². The van der Waals surface area contributed by atoms with Gasteiger partial charge in [-0.3, -0.25) is 0 Å². The Morgan fingerprint density at radius 1 is 1.50 bits per heavy atom. The van der Waals surface area contributed by atoms with E-state index in [2.05, 4.69) is 11.9 Å². The molecule has 0 aliphatic rings. The van der Waals surface area contributed by atoms with Gasteiger partial charge in [0.05, 0.1) is 25.0 Å². The third kappa shape index (κ3) is 4.83. The van der Waals surface area contributed by atoms with Crippen molar-refractivity contribution in [1.82, 2.24) is 10.2 Å². The van der Waals surface area contributed by atoms with Gasteiger partial charge in [-0.05, 0) is 24.7 Å². The number of nitrogens with zero attached hydrogens (tertiary/aromatic N) is 1. The highest BCUT2D eigenvalue weighted by Gasteiger charge is 2.21. The predicted molar refractivity (Wildman–Crippen MR) is 85.4 cm³/mol. The first-order valence-electron chi connectivity index (χ1n) is 6.54. The molecule has 4 nitrogen and oxygen atoms in total. The summed E-state index contributed by atoms with van der Waals surface area (Å²) in [6.07, 6.45) is 0.807. The largest absolute Gasteiger partial charge is 0.500 e. The van der Waals surface area contributed by atoms with Gasteiger partial charge in [-0.25, -0.2) is 0 Å². The number of hydrogen-bond acceptors (Lipinski definition) is 3. The van der Waals surface area contributed by atoms with Crippen LogP contribution >= 0.6 is 12.2 Å². The number of ether oxygens (including phenoxy) is 1. The first kappa shape index (κ1) is 16.5. The smallest absolute Gasteiger partial charge is 0.169 e. The summed E-state index contributed by atoms with van der Waals surface area (Å²) in [5, 5.41) is 14.0. The van der Waals surface area contributed by atoms with Crippen molar-refractivity contribution in [3.63, 3.8) is 0 Å². The third-order valence-corrected chi connectivity index (χ3v) is 3.58. The Balaban J connectivity index is 2.51. The molecule has 1 aromatic carbocycles. The molecule has 0 saturated heterocycles. The summed E-state index contributed by atoms with van der Waals surface area (Å²) in [6, 6.07) is 9.43. The van der Waals surface area contributed by atoms with Gasteiger partial charge < -0.3 is 20.1 Å². The minimum atomic E-state index is -0.592. The molecule has 0 bridgehead atoms. The lowest BCUT2D eigenvalue weighted by atomic mass is 10.0. The van der Waals surface area contributed by atoms with Crippen molar-refractivity contribution in [2.24, 2.45) is 0 Å². The van der Waals surface area contributed by atoms with Gasteiger partial charge in [0.1, 0.15) is 6.61 Å². The van der Waals surface area contributed by atoms with Crippen LogP contribution in [0.25, 0.3) is 0 Å². The monoisotopic (exact) mass is 294 g/mol. The highest BCUT2D eigenvalue weighted by atomic mass is 32.1. The van der Waals surface area contributed by atoms with Crippen molar-refractivity contribution in [2.45, 2.75) is 19.1 Å². The maximum absolute atomic E-state index is 10.4. The van der Waals surface area contributed by atoms with E-state index in [0.717, 1.165) is 5.56 Å². The number of aliphatic hydroxyl groups is 1. The SMILES string of the molecule is C=COCCNC(=S)N(C)[C@@H](C)[C@H](O)c1ccccc1. The van der Waals surface area contributed by atoms with Crippen LogP contribution in [0.1, 0.15) is 18.6 Å². The van der Waals surface area contributed by atoms with Gasteiger partial charge in [0.2, 0.25) is 0 Å². The summed E-state index contributed by atoms with van der Waals surface area (Å²) < 4.78 is 5.01. The van der Waals surface area contributed by atoms with Gasteiger partial charge in [0.15, 0.2) is 5.11 Å². The molecule has 5 heteroatoms. The lowest BCUT2D eigenvalue weighted by Crippen LogP contribution is -2.45. The molecule has 110 valence electrons. The maximum atomic E-state index is 10.4. The van der Waals surface area contributed by atoms with Crippen molar-refractivity contribution in [3.05, 3.63) is 48.7 Å². The summed E-state index contributed by atoms with van der Waals surface area (Å²) in [5.74, 6) is 0. The highest BCUT2D eigenvalue weighted by Crippen LogP contribution is 2.19. The zero-order valence-corrected chi connectivity index (χ0v) is 12.8. The number of benzene rings is 1. The van der Waals surface area contributed by atoms with Crippen LogP contribution in [-0.4, -0.2) is 41.4 Å². The zero-order valence-electron chi connectivity index (χ0n) is 12.0. The first-order valence-corrected chi connectivity index (χ1v) is 6.95. The summed E-state index contributed by atoms with van der Waals surface area (Å²) >= 11 is 5.29. The highest BCUT2D eigenvalue weighted by molar-refractivity contribution is 7.80. The van der Waals surface area contributed by atoms with Crippen molar-refractivity contribution in [1.29, 1.82) is 0 Å². The molecule has 0 spiro atoms. The Labute approximate surface area is 126 Å². The van der Waals surface area contributed by atoms with Gasteiger partial charge in [0.25, 0.3) is 0 Å². The lowest BCUT2D eigenvalue weighted by molar-refractivity contribution is 0.103. The van der Waals surface area contributed by atoms with E-state index < -0.39 is 6.10 Å². The van der Waals surface area contributed by atoms with Crippen LogP contribution in [0.15, 0.2) is 43.2 Å². The second-order valence-electron chi connectivity index (χ2n) is 4.48. The van der Waals surface area contributed by atoms with Gasteiger partial charge in [-0.1, -0.05) is 36.9 Å². The van der Waals surface area contributed by atoms with Crippen LogP contribution in [0.5, 0.6) is 0 Å². The molecule has 0 fully saturated rings. The predicted octanol–water partition coefficient (Wildman–Crippen LogP) is 2.07. The van der Waals surface area contributed by atoms with E-state index in [0.29, 0.717) is 18.3 Å². The molecular formula is C15H22N2O2S. The summed E-state index contributed by atoms with van der Waals surface area (Å²) in [7, 11) is 1.86. The van der Waals surface area contributed by atoms with E-state index in [1.807, 2.05) is 49.2 Å². The standard InChI is InChI=1S/C15H22N2O2S/c1-4-19-11-10-16-15(20)17(3)12(2)14(18)13-8-6-5-7-9-13/h4-9,12,14,18H,1,10-11H2,2-3H3,(H,16,20)/t12-,14-/m0/s1. The molecule has 0 heterocycles. The lowest BCUT2D eigenvalue weighted by Gasteiger charge is -2.31. The number of aliphatic hydroxyl groups excluding tert-OH is 1. The minimum Gasteiger partial charge on any atom is -0.500 e. The van der Waals surface area contributed by atoms with Crippen LogP contribution in [0.2, 0.25) is 0 Å². The average molecular weight is 294 g/mol. The van der Waals surface area contributed by atoms with E-state index in [4.69, 9.17) is 17.0 Å². The molecular weight excluding hydrogens is 272 g/mol. The fourth-order valence-electron chi connectivity index (χ4n) is 1.75. The average Bonchev–Trinajstić information content (AvgIpc) is 2.50. The molecule has 0 aliphatic heterocycles. The van der Waals surface area contributed by atoms with Gasteiger partial charge >= 0.3 is 0 Å². The van der Waals surface area contributed by atoms with Crippen LogP contribution in [0.3, 0.4) is 0 Å². The Morgan fingerprint density at radius 2 is 2.15 bits per heavy atom. The molecule has 0 saturated carbocycles. The molecule has 2 atom stereocenters. The van der Waals surface area contributed by atoms with Crippen molar-refractivity contribution < 1.29 is 9.84 Å². The number of likely N-dealkylation sites (N-methyl/N-ethyl adjacent to an activating group) is 1. The van der Waals surface area contributed by atoms with E-state index in [1.54, 1.807) is 0 Å². The molecule has 0 amide bonds. The Bertz CT molecular complexity index is 425. The molecule has 0 radical (unpaired) electrons. The third-order valence-electron chi connectivity index (χ3n) is 3.14. The van der Waals surface area contributed by atoms with Crippen LogP contribution < -0.4 is 5.32 Å². The number of hydrogen-bond donors (Lipinski definition) is 2. The first-order chi connectivity index (χ1) is 9.57. The molecule has 0 aliphatic carbocycles. The van der Waals surface area contributed by atoms with Crippen LogP contribution in [0, 0.1) is 0 Å². The van der Waals surface area contributed by atoms with Crippen molar-refractivity contribution in [2.75, 3.05) is 20.2 Å². The molecule has 1 aromatic rings. The fourth-order valence-corrected chi connectivity index (χ4v) is 2.02. The van der Waals surface area contributed by atoms with Gasteiger partial charge in [0, 0.05) is 7.05 Å². The van der Waals surface area contributed by atoms with E-state index in [9.17, 15) is 5.11 Å². The van der Waals surface area contributed by atoms with E-state index >= 15 is 0 Å². The normalized spacial score (nSPS) is 13.2. The molecule has 20 heavy (non-hydrogen) atoms. The van der Waals surface area contributed by atoms with Gasteiger partial charge in [-0.15, -0.1) is 0 Å². The molecule has 2 N–H and O–H groups in total. The molecule has 1 rings (SSSR count). The Kier molecular flexibility index (Phi) is 7.04. The topological polar surface area (TPSA) is 44.7 Å². The number of thiocarbonyl (C=S) groups is 1. The number of rotatable bonds is 7. The van der Waals surface area contributed by atoms with E-state index in [-0.39, 0.29) is 6.04 Å². The van der Waals surface area contributed by atoms with Crippen molar-refractivity contribution >= 4 is 17.3 Å². The maximum Gasteiger partial charge on any atom is 0.169 e. The fraction of sp³-hybridized carbons (Fsp3) is 0.400. The summed E-state index contributed by atoms with van der Waals surface area (Å²) in [5.41, 5.74) is 0.879. The summed E-state index contributed by atoms with van der Waals surface area (Å²) in [4.78, 5) is 1.85.